The van der Waals surface area contributed by atoms with Crippen molar-refractivity contribution in [2.45, 2.75) is 58.7 Å². The number of carboxylic acids is 1. The minimum absolute atomic E-state index is 0.237. The quantitative estimate of drug-likeness (QED) is 0.869. The van der Waals surface area contributed by atoms with E-state index >= 15 is 0 Å². The van der Waals surface area contributed by atoms with E-state index in [0.29, 0.717) is 6.04 Å². The van der Waals surface area contributed by atoms with Gasteiger partial charge in [0.05, 0.1) is 10.7 Å². The van der Waals surface area contributed by atoms with Crippen LogP contribution >= 0.6 is 11.3 Å². The molecule has 24 heavy (non-hydrogen) atoms. The molecular formula is C17H24N4O2S. The molecule has 1 atom stereocenters. The Morgan fingerprint density at radius 2 is 2.33 bits per heavy atom. The van der Waals surface area contributed by atoms with Crippen molar-refractivity contribution in [3.8, 4) is 0 Å². The average Bonchev–Trinajstić information content (AvgIpc) is 3.11. The number of hydrogen-bond donors (Lipinski definition) is 1. The average molecular weight is 348 g/mol. The Morgan fingerprint density at radius 1 is 1.54 bits per heavy atom. The van der Waals surface area contributed by atoms with Crippen LogP contribution in [-0.4, -0.2) is 43.8 Å². The molecule has 2 aromatic heterocycles. The van der Waals surface area contributed by atoms with Gasteiger partial charge in [-0.15, -0.1) is 11.3 Å². The monoisotopic (exact) mass is 348 g/mol. The van der Waals surface area contributed by atoms with Crippen molar-refractivity contribution in [2.75, 3.05) is 7.05 Å². The van der Waals surface area contributed by atoms with Crippen molar-refractivity contribution >= 4 is 17.3 Å². The molecule has 7 heteroatoms. The van der Waals surface area contributed by atoms with Gasteiger partial charge in [0.2, 0.25) is 0 Å². The highest BCUT2D eigenvalue weighted by atomic mass is 32.1. The number of carbonyl (C=O) groups is 1. The lowest BCUT2D eigenvalue weighted by Gasteiger charge is -2.31. The standard InChI is InChI=1S/C17H24N4O2S/c1-4-7-21-15-6-5-13(8-14(15)16(19-21)17(22)23)20(3)9-12-10-24-11(2)18-12/h10,13H,4-9H2,1-3H3,(H,22,23)/t13-/m0/s1. The van der Waals surface area contributed by atoms with Crippen molar-refractivity contribution in [1.29, 1.82) is 0 Å². The number of aromatic carboxylic acids is 1. The highest BCUT2D eigenvalue weighted by molar-refractivity contribution is 7.09. The first-order chi connectivity index (χ1) is 11.5. The summed E-state index contributed by atoms with van der Waals surface area (Å²) in [6.07, 6.45) is 3.63. The van der Waals surface area contributed by atoms with E-state index in [1.165, 1.54) is 0 Å². The maximum atomic E-state index is 11.6. The van der Waals surface area contributed by atoms with Crippen LogP contribution in [0.2, 0.25) is 0 Å². The molecule has 2 heterocycles. The lowest BCUT2D eigenvalue weighted by atomic mass is 9.90. The van der Waals surface area contributed by atoms with E-state index in [9.17, 15) is 9.90 Å². The highest BCUT2D eigenvalue weighted by Crippen LogP contribution is 2.28. The van der Waals surface area contributed by atoms with Crippen molar-refractivity contribution < 1.29 is 9.90 Å². The molecule has 0 aromatic carbocycles. The molecular weight excluding hydrogens is 324 g/mol. The fraction of sp³-hybridized carbons (Fsp3) is 0.588. The van der Waals surface area contributed by atoms with Gasteiger partial charge in [-0.25, -0.2) is 9.78 Å². The molecule has 3 rings (SSSR count). The van der Waals surface area contributed by atoms with Crippen molar-refractivity contribution in [1.82, 2.24) is 19.7 Å². The first kappa shape index (κ1) is 17.1. The van der Waals surface area contributed by atoms with Gasteiger partial charge in [-0.2, -0.15) is 5.10 Å². The molecule has 1 aliphatic carbocycles. The normalized spacial score (nSPS) is 17.2. The first-order valence-electron chi connectivity index (χ1n) is 8.42. The molecule has 0 unspecified atom stereocenters. The van der Waals surface area contributed by atoms with Crippen LogP contribution in [0.4, 0.5) is 0 Å². The Hall–Kier alpha value is -1.73. The number of thiazole rings is 1. The third kappa shape index (κ3) is 3.37. The number of carboxylic acid groups (broad SMARTS) is 1. The molecule has 2 aromatic rings. The number of likely N-dealkylation sites (N-methyl/N-ethyl adjacent to an activating group) is 1. The minimum atomic E-state index is -0.917. The van der Waals surface area contributed by atoms with E-state index in [-0.39, 0.29) is 5.69 Å². The fourth-order valence-corrected chi connectivity index (χ4v) is 4.08. The molecule has 0 radical (unpaired) electrons. The molecule has 130 valence electrons. The summed E-state index contributed by atoms with van der Waals surface area (Å²) in [7, 11) is 2.10. The second kappa shape index (κ2) is 7.03. The van der Waals surface area contributed by atoms with Gasteiger partial charge in [-0.1, -0.05) is 6.92 Å². The number of hydrogen-bond acceptors (Lipinski definition) is 5. The summed E-state index contributed by atoms with van der Waals surface area (Å²) in [5.41, 5.74) is 3.36. The van der Waals surface area contributed by atoms with Crippen LogP contribution < -0.4 is 0 Å². The first-order valence-corrected chi connectivity index (χ1v) is 9.30. The largest absolute Gasteiger partial charge is 0.476 e. The summed E-state index contributed by atoms with van der Waals surface area (Å²) >= 11 is 1.67. The predicted octanol–water partition coefficient (Wildman–Crippen LogP) is 2.75. The number of aromatic nitrogens is 3. The molecule has 0 aliphatic heterocycles. The zero-order valence-electron chi connectivity index (χ0n) is 14.4. The lowest BCUT2D eigenvalue weighted by molar-refractivity contribution is 0.0687. The van der Waals surface area contributed by atoms with E-state index in [0.717, 1.165) is 60.7 Å². The van der Waals surface area contributed by atoms with Gasteiger partial charge in [-0.3, -0.25) is 9.58 Å². The molecule has 0 amide bonds. The Kier molecular flexibility index (Phi) is 5.01. The maximum absolute atomic E-state index is 11.6. The summed E-state index contributed by atoms with van der Waals surface area (Å²) < 4.78 is 1.90. The zero-order valence-corrected chi connectivity index (χ0v) is 15.3. The van der Waals surface area contributed by atoms with Gasteiger partial charge in [0.1, 0.15) is 0 Å². The van der Waals surface area contributed by atoms with Gasteiger partial charge in [0.25, 0.3) is 0 Å². The molecule has 0 saturated carbocycles. The van der Waals surface area contributed by atoms with E-state index in [4.69, 9.17) is 0 Å². The van der Waals surface area contributed by atoms with E-state index in [1.807, 2.05) is 11.6 Å². The molecule has 0 fully saturated rings. The van der Waals surface area contributed by atoms with Crippen LogP contribution in [0.25, 0.3) is 0 Å². The van der Waals surface area contributed by atoms with Crippen LogP contribution in [0.1, 0.15) is 52.2 Å². The third-order valence-corrected chi connectivity index (χ3v) is 5.48. The lowest BCUT2D eigenvalue weighted by Crippen LogP contribution is -2.36. The summed E-state index contributed by atoms with van der Waals surface area (Å²) in [5.74, 6) is -0.917. The molecule has 6 nitrogen and oxygen atoms in total. The van der Waals surface area contributed by atoms with Crippen molar-refractivity contribution in [3.63, 3.8) is 0 Å². The van der Waals surface area contributed by atoms with E-state index in [2.05, 4.69) is 34.3 Å². The minimum Gasteiger partial charge on any atom is -0.476 e. The molecule has 0 bridgehead atoms. The van der Waals surface area contributed by atoms with Crippen LogP contribution in [0.3, 0.4) is 0 Å². The van der Waals surface area contributed by atoms with Gasteiger partial charge in [-0.05, 0) is 39.7 Å². The number of fused-ring (bicyclic) bond motifs is 1. The fourth-order valence-electron chi connectivity index (χ4n) is 3.48. The predicted molar refractivity (Wildman–Crippen MR) is 93.6 cm³/mol. The number of rotatable bonds is 6. The van der Waals surface area contributed by atoms with Crippen molar-refractivity contribution in [2.24, 2.45) is 0 Å². The number of nitrogens with zero attached hydrogens (tertiary/aromatic N) is 4. The topological polar surface area (TPSA) is 71.2 Å². The van der Waals surface area contributed by atoms with Crippen LogP contribution in [0.15, 0.2) is 5.38 Å². The molecule has 0 saturated heterocycles. The Labute approximate surface area is 146 Å². The summed E-state index contributed by atoms with van der Waals surface area (Å²) in [6.45, 7) is 5.69. The highest BCUT2D eigenvalue weighted by Gasteiger charge is 2.30. The third-order valence-electron chi connectivity index (χ3n) is 4.66. The second-order valence-corrected chi connectivity index (χ2v) is 7.53. The molecule has 1 N–H and O–H groups in total. The van der Waals surface area contributed by atoms with Crippen molar-refractivity contribution in [3.05, 3.63) is 33.0 Å². The zero-order chi connectivity index (χ0) is 17.3. The Morgan fingerprint density at radius 3 is 2.96 bits per heavy atom. The SMILES string of the molecule is CCCn1nc(C(=O)O)c2c1CC[C@H](N(C)Cc1csc(C)n1)C2. The summed E-state index contributed by atoms with van der Waals surface area (Å²) in [6, 6.07) is 0.330. The van der Waals surface area contributed by atoms with Crippen LogP contribution in [0, 0.1) is 6.92 Å². The number of aryl methyl sites for hydroxylation is 2. The van der Waals surface area contributed by atoms with E-state index < -0.39 is 5.97 Å². The summed E-state index contributed by atoms with van der Waals surface area (Å²) in [5, 5.41) is 17.0. The molecule has 1 aliphatic rings. The van der Waals surface area contributed by atoms with Gasteiger partial charge in [0, 0.05) is 35.8 Å². The summed E-state index contributed by atoms with van der Waals surface area (Å²) in [4.78, 5) is 18.4. The van der Waals surface area contributed by atoms with Crippen LogP contribution in [0.5, 0.6) is 0 Å². The van der Waals surface area contributed by atoms with Gasteiger partial charge < -0.3 is 5.11 Å². The van der Waals surface area contributed by atoms with Crippen LogP contribution in [-0.2, 0) is 25.9 Å². The van der Waals surface area contributed by atoms with E-state index in [1.54, 1.807) is 11.3 Å². The Balaban J connectivity index is 1.78. The van der Waals surface area contributed by atoms with Gasteiger partial charge in [0.15, 0.2) is 5.69 Å². The smallest absolute Gasteiger partial charge is 0.356 e. The second-order valence-electron chi connectivity index (χ2n) is 6.47. The van der Waals surface area contributed by atoms with Gasteiger partial charge >= 0.3 is 5.97 Å². The maximum Gasteiger partial charge on any atom is 0.356 e. The molecule has 0 spiro atoms. The Bertz CT molecular complexity index is 737.